The highest BCUT2D eigenvalue weighted by atomic mass is 32.1. The topological polar surface area (TPSA) is 64.5 Å². The van der Waals surface area contributed by atoms with Gasteiger partial charge in [0.1, 0.15) is 10.0 Å². The SMILES string of the molecule is Cc1ccc(CCc2ccc(CCc3nnc(C)s3)nn2)nc1. The fourth-order valence-electron chi connectivity index (χ4n) is 2.23. The van der Waals surface area contributed by atoms with Crippen molar-refractivity contribution in [1.29, 1.82) is 0 Å². The molecule has 0 bridgehead atoms. The van der Waals surface area contributed by atoms with Crippen LogP contribution in [-0.4, -0.2) is 25.4 Å². The number of aryl methyl sites for hydroxylation is 6. The van der Waals surface area contributed by atoms with Gasteiger partial charge in [0, 0.05) is 18.3 Å². The maximum atomic E-state index is 4.42. The smallest absolute Gasteiger partial charge is 0.117 e. The largest absolute Gasteiger partial charge is 0.261 e. The van der Waals surface area contributed by atoms with E-state index in [4.69, 9.17) is 0 Å². The average molecular weight is 325 g/mol. The summed E-state index contributed by atoms with van der Waals surface area (Å²) in [4.78, 5) is 4.42. The Morgan fingerprint density at radius 3 is 1.96 bits per heavy atom. The maximum absolute atomic E-state index is 4.42. The van der Waals surface area contributed by atoms with Gasteiger partial charge in [-0.15, -0.1) is 21.5 Å². The van der Waals surface area contributed by atoms with E-state index in [1.54, 1.807) is 11.3 Å². The van der Waals surface area contributed by atoms with Gasteiger partial charge >= 0.3 is 0 Å². The fraction of sp³-hybridized carbons (Fsp3) is 0.353. The normalized spacial score (nSPS) is 10.9. The predicted molar refractivity (Wildman–Crippen MR) is 90.5 cm³/mol. The molecule has 0 unspecified atom stereocenters. The van der Waals surface area contributed by atoms with Crippen LogP contribution in [0.3, 0.4) is 0 Å². The highest BCUT2D eigenvalue weighted by Crippen LogP contribution is 2.11. The number of aromatic nitrogens is 5. The second-order valence-electron chi connectivity index (χ2n) is 5.56. The van der Waals surface area contributed by atoms with Crippen LogP contribution in [0.5, 0.6) is 0 Å². The van der Waals surface area contributed by atoms with E-state index in [9.17, 15) is 0 Å². The predicted octanol–water partition coefficient (Wildman–Crippen LogP) is 2.91. The van der Waals surface area contributed by atoms with E-state index < -0.39 is 0 Å². The molecular formula is C17H19N5S. The Kier molecular flexibility index (Phi) is 5.02. The molecule has 3 aromatic heterocycles. The van der Waals surface area contributed by atoms with E-state index in [1.165, 1.54) is 5.56 Å². The molecule has 23 heavy (non-hydrogen) atoms. The van der Waals surface area contributed by atoms with Crippen molar-refractivity contribution < 1.29 is 0 Å². The summed E-state index contributed by atoms with van der Waals surface area (Å²) in [7, 11) is 0. The number of hydrogen-bond donors (Lipinski definition) is 0. The van der Waals surface area contributed by atoms with E-state index >= 15 is 0 Å². The molecule has 3 rings (SSSR count). The summed E-state index contributed by atoms with van der Waals surface area (Å²) in [6.07, 6.45) is 5.37. The van der Waals surface area contributed by atoms with Gasteiger partial charge in [0.25, 0.3) is 0 Å². The van der Waals surface area contributed by atoms with Crippen molar-refractivity contribution in [2.75, 3.05) is 0 Å². The lowest BCUT2D eigenvalue weighted by molar-refractivity contribution is 0.792. The lowest BCUT2D eigenvalue weighted by atomic mass is 10.1. The third-order valence-electron chi connectivity index (χ3n) is 3.55. The Labute approximate surface area is 139 Å². The monoisotopic (exact) mass is 325 g/mol. The summed E-state index contributed by atoms with van der Waals surface area (Å²) >= 11 is 1.64. The standard InChI is InChI=1S/C17H19N5S/c1-12-3-4-14(18-11-12)5-6-15-7-8-16(21-20-15)9-10-17-22-19-13(2)23-17/h3-4,7-8,11H,5-6,9-10H2,1-2H3. The van der Waals surface area contributed by atoms with E-state index in [2.05, 4.69) is 49.6 Å². The second kappa shape index (κ2) is 7.37. The minimum absolute atomic E-state index is 0.849. The lowest BCUT2D eigenvalue weighted by Gasteiger charge is -2.02. The molecular weight excluding hydrogens is 306 g/mol. The molecule has 3 aromatic rings. The molecule has 3 heterocycles. The maximum Gasteiger partial charge on any atom is 0.117 e. The fourth-order valence-corrected chi connectivity index (χ4v) is 2.94. The first-order chi connectivity index (χ1) is 11.2. The Hall–Kier alpha value is -2.21. The molecule has 5 nitrogen and oxygen atoms in total. The van der Waals surface area contributed by atoms with Crippen LogP contribution in [-0.2, 0) is 25.7 Å². The van der Waals surface area contributed by atoms with Crippen molar-refractivity contribution in [1.82, 2.24) is 25.4 Å². The van der Waals surface area contributed by atoms with Gasteiger partial charge in [0.15, 0.2) is 0 Å². The molecule has 0 saturated heterocycles. The summed E-state index contributed by atoms with van der Waals surface area (Å²) in [5.74, 6) is 0. The van der Waals surface area contributed by atoms with Crippen molar-refractivity contribution in [3.8, 4) is 0 Å². The molecule has 0 atom stereocenters. The molecule has 118 valence electrons. The quantitative estimate of drug-likeness (QED) is 0.697. The van der Waals surface area contributed by atoms with Crippen molar-refractivity contribution >= 4 is 11.3 Å². The number of pyridine rings is 1. The van der Waals surface area contributed by atoms with Gasteiger partial charge in [-0.1, -0.05) is 6.07 Å². The summed E-state index contributed by atoms with van der Waals surface area (Å²) in [5.41, 5.74) is 4.27. The third kappa shape index (κ3) is 4.63. The first-order valence-electron chi connectivity index (χ1n) is 7.71. The van der Waals surface area contributed by atoms with Crippen molar-refractivity contribution in [2.45, 2.75) is 39.5 Å². The molecule has 0 amide bonds. The number of nitrogens with zero attached hydrogens (tertiary/aromatic N) is 5. The second-order valence-corrected chi connectivity index (χ2v) is 6.82. The molecule has 6 heteroatoms. The van der Waals surface area contributed by atoms with Gasteiger partial charge in [-0.05, 0) is 56.9 Å². The third-order valence-corrected chi connectivity index (χ3v) is 4.45. The van der Waals surface area contributed by atoms with Crippen LogP contribution in [0, 0.1) is 13.8 Å². The van der Waals surface area contributed by atoms with Crippen LogP contribution >= 0.6 is 11.3 Å². The zero-order valence-corrected chi connectivity index (χ0v) is 14.2. The lowest BCUT2D eigenvalue weighted by Crippen LogP contribution is -2.01. The highest BCUT2D eigenvalue weighted by molar-refractivity contribution is 7.11. The van der Waals surface area contributed by atoms with Crippen LogP contribution in [0.15, 0.2) is 30.5 Å². The van der Waals surface area contributed by atoms with Gasteiger partial charge in [0.2, 0.25) is 0 Å². The molecule has 0 radical (unpaired) electrons. The highest BCUT2D eigenvalue weighted by Gasteiger charge is 2.04. The Morgan fingerprint density at radius 2 is 1.39 bits per heavy atom. The molecule has 0 fully saturated rings. The van der Waals surface area contributed by atoms with E-state index in [0.717, 1.165) is 52.8 Å². The Bertz CT molecular complexity index is 749. The van der Waals surface area contributed by atoms with Crippen molar-refractivity contribution in [3.05, 3.63) is 63.1 Å². The minimum Gasteiger partial charge on any atom is -0.261 e. The van der Waals surface area contributed by atoms with Crippen molar-refractivity contribution in [2.24, 2.45) is 0 Å². The van der Waals surface area contributed by atoms with E-state index in [0.29, 0.717) is 0 Å². The van der Waals surface area contributed by atoms with Crippen LogP contribution in [0.4, 0.5) is 0 Å². The molecule has 0 aliphatic rings. The number of hydrogen-bond acceptors (Lipinski definition) is 6. The first-order valence-corrected chi connectivity index (χ1v) is 8.53. The van der Waals surface area contributed by atoms with Crippen LogP contribution in [0.25, 0.3) is 0 Å². The van der Waals surface area contributed by atoms with E-state index in [-0.39, 0.29) is 0 Å². The van der Waals surface area contributed by atoms with Gasteiger partial charge in [0.05, 0.1) is 11.4 Å². The average Bonchev–Trinajstić information content (AvgIpc) is 2.99. The number of rotatable bonds is 6. The Balaban J connectivity index is 1.51. The summed E-state index contributed by atoms with van der Waals surface area (Å²) in [5, 5.41) is 18.9. The summed E-state index contributed by atoms with van der Waals surface area (Å²) in [6.45, 7) is 4.02. The summed E-state index contributed by atoms with van der Waals surface area (Å²) < 4.78 is 0. The molecule has 0 saturated carbocycles. The Morgan fingerprint density at radius 1 is 0.739 bits per heavy atom. The van der Waals surface area contributed by atoms with Gasteiger partial charge in [-0.2, -0.15) is 10.2 Å². The molecule has 0 spiro atoms. The van der Waals surface area contributed by atoms with Crippen LogP contribution in [0.2, 0.25) is 0 Å². The molecule has 0 aromatic carbocycles. The minimum atomic E-state index is 0.849. The van der Waals surface area contributed by atoms with Crippen molar-refractivity contribution in [3.63, 3.8) is 0 Å². The van der Waals surface area contributed by atoms with Gasteiger partial charge in [-0.3, -0.25) is 4.98 Å². The zero-order valence-electron chi connectivity index (χ0n) is 13.4. The molecule has 0 aliphatic carbocycles. The first kappa shape index (κ1) is 15.7. The molecule has 0 aliphatic heterocycles. The zero-order chi connectivity index (χ0) is 16.1. The van der Waals surface area contributed by atoms with Gasteiger partial charge in [-0.25, -0.2) is 0 Å². The van der Waals surface area contributed by atoms with E-state index in [1.807, 2.05) is 20.0 Å². The van der Waals surface area contributed by atoms with Crippen LogP contribution in [0.1, 0.15) is 32.7 Å². The summed E-state index contributed by atoms with van der Waals surface area (Å²) in [6, 6.07) is 8.27. The molecule has 0 N–H and O–H groups in total. The van der Waals surface area contributed by atoms with Gasteiger partial charge < -0.3 is 0 Å². The van der Waals surface area contributed by atoms with Crippen LogP contribution < -0.4 is 0 Å².